The van der Waals surface area contributed by atoms with Gasteiger partial charge in [0.05, 0.1) is 5.56 Å². The maximum absolute atomic E-state index is 11.8. The fourth-order valence-corrected chi connectivity index (χ4v) is 2.12. The quantitative estimate of drug-likeness (QED) is 0.646. The summed E-state index contributed by atoms with van der Waals surface area (Å²) in [6.07, 6.45) is -0.629. The Hall–Kier alpha value is -2.17. The monoisotopic (exact) mass is 261 g/mol. The molecule has 1 aromatic rings. The molecular formula is C14H15NO4. The summed E-state index contributed by atoms with van der Waals surface area (Å²) in [5.74, 6) is -1.47. The van der Waals surface area contributed by atoms with E-state index in [0.29, 0.717) is 5.56 Å². The first-order chi connectivity index (χ1) is 9.00. The van der Waals surface area contributed by atoms with Gasteiger partial charge in [-0.1, -0.05) is 18.2 Å². The average Bonchev–Trinajstić information content (AvgIpc) is 2.36. The normalized spacial score (nSPS) is 22.9. The van der Waals surface area contributed by atoms with Crippen LogP contribution in [0.1, 0.15) is 24.2 Å². The van der Waals surface area contributed by atoms with Gasteiger partial charge in [-0.3, -0.25) is 9.59 Å². The van der Waals surface area contributed by atoms with E-state index in [9.17, 15) is 14.4 Å². The minimum Gasteiger partial charge on any atom is -0.458 e. The predicted octanol–water partition coefficient (Wildman–Crippen LogP) is 0.935. The number of rotatable bonds is 4. The number of carbonyl (C=O) groups excluding carboxylic acids is 3. The number of benzene rings is 1. The second-order valence-corrected chi connectivity index (χ2v) is 4.60. The number of carbonyl (C=O) groups is 3. The van der Waals surface area contributed by atoms with Crippen LogP contribution in [0.15, 0.2) is 30.3 Å². The molecule has 1 aromatic carbocycles. The van der Waals surface area contributed by atoms with Gasteiger partial charge in [-0.2, -0.15) is 0 Å². The van der Waals surface area contributed by atoms with Gasteiger partial charge in [0.25, 0.3) is 0 Å². The van der Waals surface area contributed by atoms with Crippen molar-refractivity contribution in [3.8, 4) is 0 Å². The summed E-state index contributed by atoms with van der Waals surface area (Å²) in [6, 6.07) is 7.99. The van der Waals surface area contributed by atoms with Crippen molar-refractivity contribution in [1.82, 2.24) is 5.32 Å². The Kier molecular flexibility index (Phi) is 3.64. The molecule has 0 saturated carbocycles. The van der Waals surface area contributed by atoms with Crippen molar-refractivity contribution in [1.29, 1.82) is 0 Å². The largest absolute Gasteiger partial charge is 0.458 e. The van der Waals surface area contributed by atoms with Crippen LogP contribution in [0.3, 0.4) is 0 Å². The topological polar surface area (TPSA) is 72.5 Å². The molecule has 0 aromatic heterocycles. The zero-order valence-corrected chi connectivity index (χ0v) is 10.8. The lowest BCUT2D eigenvalue weighted by Gasteiger charge is -2.38. The number of Topliss-reactive ketones (excluding diaryl/α,β-unsaturated/α-hetero) is 1. The molecule has 5 nitrogen and oxygen atoms in total. The Labute approximate surface area is 110 Å². The van der Waals surface area contributed by atoms with E-state index in [0.717, 1.165) is 0 Å². The van der Waals surface area contributed by atoms with E-state index < -0.39 is 24.0 Å². The molecule has 0 aliphatic carbocycles. The Morgan fingerprint density at radius 1 is 1.26 bits per heavy atom. The van der Waals surface area contributed by atoms with Gasteiger partial charge in [0.1, 0.15) is 18.1 Å². The number of ketones is 1. The van der Waals surface area contributed by atoms with Crippen LogP contribution in [0.25, 0.3) is 0 Å². The zero-order valence-electron chi connectivity index (χ0n) is 10.8. The van der Waals surface area contributed by atoms with Crippen molar-refractivity contribution in [3.05, 3.63) is 35.9 Å². The molecule has 100 valence electrons. The van der Waals surface area contributed by atoms with Crippen LogP contribution in [0.2, 0.25) is 0 Å². The average molecular weight is 261 g/mol. The van der Waals surface area contributed by atoms with E-state index in [2.05, 4.69) is 5.32 Å². The first-order valence-corrected chi connectivity index (χ1v) is 6.07. The van der Waals surface area contributed by atoms with Crippen LogP contribution in [-0.2, 0) is 14.3 Å². The molecule has 3 atom stereocenters. The van der Waals surface area contributed by atoms with E-state index >= 15 is 0 Å². The summed E-state index contributed by atoms with van der Waals surface area (Å²) in [6.45, 7) is 3.03. The smallest absolute Gasteiger partial charge is 0.338 e. The van der Waals surface area contributed by atoms with Crippen LogP contribution < -0.4 is 5.32 Å². The SMILES string of the molecule is CC(=O)[C@H]1NC(=O)[C@H]1C(C)OC(=O)c1ccccc1. The van der Waals surface area contributed by atoms with Gasteiger partial charge in [0, 0.05) is 0 Å². The van der Waals surface area contributed by atoms with E-state index in [4.69, 9.17) is 4.74 Å². The molecule has 1 aliphatic heterocycles. The number of esters is 1. The van der Waals surface area contributed by atoms with Gasteiger partial charge in [-0.15, -0.1) is 0 Å². The van der Waals surface area contributed by atoms with Crippen LogP contribution >= 0.6 is 0 Å². The summed E-state index contributed by atoms with van der Waals surface area (Å²) in [5.41, 5.74) is 0.424. The highest BCUT2D eigenvalue weighted by Gasteiger charge is 2.47. The molecule has 2 rings (SSSR count). The van der Waals surface area contributed by atoms with E-state index in [1.54, 1.807) is 37.3 Å². The number of hydrogen-bond acceptors (Lipinski definition) is 4. The third kappa shape index (κ3) is 2.65. The molecule has 1 amide bonds. The molecule has 1 fully saturated rings. The van der Waals surface area contributed by atoms with Crippen LogP contribution in [0.5, 0.6) is 0 Å². The van der Waals surface area contributed by atoms with Gasteiger partial charge < -0.3 is 10.1 Å². The minimum absolute atomic E-state index is 0.132. The Bertz CT molecular complexity index is 511. The van der Waals surface area contributed by atoms with Gasteiger partial charge in [0.15, 0.2) is 5.78 Å². The third-order valence-corrected chi connectivity index (χ3v) is 3.21. The van der Waals surface area contributed by atoms with E-state index in [-0.39, 0.29) is 11.7 Å². The molecule has 0 bridgehead atoms. The fraction of sp³-hybridized carbons (Fsp3) is 0.357. The molecule has 1 unspecified atom stereocenters. The van der Waals surface area contributed by atoms with Gasteiger partial charge in [-0.25, -0.2) is 4.79 Å². The van der Waals surface area contributed by atoms with Gasteiger partial charge >= 0.3 is 5.97 Å². The van der Waals surface area contributed by atoms with Crippen molar-refractivity contribution in [2.75, 3.05) is 0 Å². The number of ether oxygens (including phenoxy) is 1. The number of nitrogens with one attached hydrogen (secondary N) is 1. The summed E-state index contributed by atoms with van der Waals surface area (Å²) in [4.78, 5) is 34.6. The number of β-lactam (4-membered cyclic amide) rings is 1. The lowest BCUT2D eigenvalue weighted by atomic mass is 9.84. The molecule has 1 saturated heterocycles. The summed E-state index contributed by atoms with van der Waals surface area (Å²) in [5, 5.41) is 2.51. The number of amides is 1. The molecule has 5 heteroatoms. The van der Waals surface area contributed by atoms with E-state index in [1.807, 2.05) is 0 Å². The number of hydrogen-bond donors (Lipinski definition) is 1. The summed E-state index contributed by atoms with van der Waals surface area (Å²) < 4.78 is 5.24. The molecule has 0 spiro atoms. The molecule has 19 heavy (non-hydrogen) atoms. The van der Waals surface area contributed by atoms with Crippen molar-refractivity contribution >= 4 is 17.7 Å². The first-order valence-electron chi connectivity index (χ1n) is 6.07. The fourth-order valence-electron chi connectivity index (χ4n) is 2.12. The van der Waals surface area contributed by atoms with Crippen LogP contribution in [-0.4, -0.2) is 29.8 Å². The highest BCUT2D eigenvalue weighted by Crippen LogP contribution is 2.23. The predicted molar refractivity (Wildman–Crippen MR) is 67.4 cm³/mol. The second kappa shape index (κ2) is 5.22. The summed E-state index contributed by atoms with van der Waals surface area (Å²) in [7, 11) is 0. The van der Waals surface area contributed by atoms with Gasteiger partial charge in [0.2, 0.25) is 5.91 Å². The maximum Gasteiger partial charge on any atom is 0.338 e. The van der Waals surface area contributed by atoms with Gasteiger partial charge in [-0.05, 0) is 26.0 Å². The highest BCUT2D eigenvalue weighted by atomic mass is 16.5. The molecule has 1 aliphatic rings. The molecule has 1 heterocycles. The molecule has 0 radical (unpaired) electrons. The van der Waals surface area contributed by atoms with Crippen molar-refractivity contribution in [3.63, 3.8) is 0 Å². The molecular weight excluding hydrogens is 246 g/mol. The third-order valence-electron chi connectivity index (χ3n) is 3.21. The zero-order chi connectivity index (χ0) is 14.0. The van der Waals surface area contributed by atoms with Crippen molar-refractivity contribution in [2.24, 2.45) is 5.92 Å². The molecule has 1 N–H and O–H groups in total. The van der Waals surface area contributed by atoms with Crippen LogP contribution in [0.4, 0.5) is 0 Å². The van der Waals surface area contributed by atoms with Crippen LogP contribution in [0, 0.1) is 5.92 Å². The van der Waals surface area contributed by atoms with E-state index in [1.165, 1.54) is 6.92 Å². The minimum atomic E-state index is -0.629. The lowest BCUT2D eigenvalue weighted by Crippen LogP contribution is -2.65. The first kappa shape index (κ1) is 13.3. The Morgan fingerprint density at radius 2 is 1.89 bits per heavy atom. The standard InChI is InChI=1S/C14H15NO4/c1-8(16)12-11(13(17)15-12)9(2)19-14(18)10-6-4-3-5-7-10/h3-7,9,11-12H,1-2H3,(H,15,17)/t9?,11-,12+/m0/s1. The lowest BCUT2D eigenvalue weighted by molar-refractivity contribution is -0.147. The highest BCUT2D eigenvalue weighted by molar-refractivity contribution is 5.99. The second-order valence-electron chi connectivity index (χ2n) is 4.60. The Balaban J connectivity index is 2.01. The summed E-state index contributed by atoms with van der Waals surface area (Å²) >= 11 is 0. The van der Waals surface area contributed by atoms with Crippen molar-refractivity contribution in [2.45, 2.75) is 26.0 Å². The Morgan fingerprint density at radius 3 is 2.42 bits per heavy atom. The maximum atomic E-state index is 11.8. The van der Waals surface area contributed by atoms with Crippen molar-refractivity contribution < 1.29 is 19.1 Å².